The van der Waals surface area contributed by atoms with Crippen molar-refractivity contribution >= 4 is 5.82 Å². The van der Waals surface area contributed by atoms with Crippen LogP contribution in [-0.4, -0.2) is 36.4 Å². The van der Waals surface area contributed by atoms with Crippen LogP contribution in [0, 0.1) is 0 Å². The van der Waals surface area contributed by atoms with E-state index in [1.54, 1.807) is 4.79 Å². The molecule has 0 aliphatic carbocycles. The highest BCUT2D eigenvalue weighted by atomic mass is 16.5. The second-order valence-corrected chi connectivity index (χ2v) is 4.73. The molecule has 2 heterocycles. The van der Waals surface area contributed by atoms with E-state index in [0.717, 1.165) is 32.7 Å². The fourth-order valence-corrected chi connectivity index (χ4v) is 2.36. The minimum atomic E-state index is 0.538. The molecule has 1 fully saturated rings. The normalized spacial score (nSPS) is 16.7. The number of anilines is 1. The number of nitrogen functional groups attached to an aromatic ring is 1. The van der Waals surface area contributed by atoms with Crippen molar-refractivity contribution in [2.45, 2.75) is 6.54 Å². The maximum absolute atomic E-state index is 5.78. The summed E-state index contributed by atoms with van der Waals surface area (Å²) in [5.74, 6) is 0.538. The highest BCUT2D eigenvalue weighted by Crippen LogP contribution is 2.06. The summed E-state index contributed by atoms with van der Waals surface area (Å²) in [6.45, 7) is 4.78. The molecule has 1 aliphatic heterocycles. The maximum Gasteiger partial charge on any atom is 0.360 e. The van der Waals surface area contributed by atoms with Crippen molar-refractivity contribution in [3.05, 3.63) is 42.2 Å². The van der Waals surface area contributed by atoms with Crippen molar-refractivity contribution in [2.24, 2.45) is 0 Å². The molecule has 0 unspecified atom stereocenters. The number of nitrogens with zero attached hydrogens (tertiary/aromatic N) is 4. The number of rotatable bonds is 3. The van der Waals surface area contributed by atoms with Gasteiger partial charge in [-0.2, -0.15) is 0 Å². The van der Waals surface area contributed by atoms with Crippen molar-refractivity contribution in [3.63, 3.8) is 0 Å². The standard InChI is InChI=1S/C13H18N5O/c14-13-11-19-15-18(13)17-8-6-16(7-9-17)10-12-4-2-1-3-5-12/h1-5,11H,6-10,14H2/q+1. The first kappa shape index (κ1) is 12.0. The van der Waals surface area contributed by atoms with Crippen LogP contribution in [0.4, 0.5) is 5.82 Å². The van der Waals surface area contributed by atoms with Gasteiger partial charge in [-0.3, -0.25) is 10.6 Å². The van der Waals surface area contributed by atoms with Crippen molar-refractivity contribution < 1.29 is 9.31 Å². The summed E-state index contributed by atoms with van der Waals surface area (Å²) in [4.78, 5) is 4.07. The molecule has 6 heteroatoms. The Labute approximate surface area is 112 Å². The second kappa shape index (κ2) is 5.27. The first-order valence-electron chi connectivity index (χ1n) is 6.46. The van der Waals surface area contributed by atoms with Gasteiger partial charge in [-0.05, 0) is 5.56 Å². The number of hydrogen-bond donors (Lipinski definition) is 1. The lowest BCUT2D eigenvalue weighted by Crippen LogP contribution is -2.66. The molecule has 0 atom stereocenters. The summed E-state index contributed by atoms with van der Waals surface area (Å²) in [7, 11) is 0. The highest BCUT2D eigenvalue weighted by Gasteiger charge is 2.24. The third kappa shape index (κ3) is 2.68. The van der Waals surface area contributed by atoms with Gasteiger partial charge < -0.3 is 4.52 Å². The molecule has 2 aromatic rings. The topological polar surface area (TPSA) is 62.4 Å². The second-order valence-electron chi connectivity index (χ2n) is 4.73. The molecular weight excluding hydrogens is 242 g/mol. The molecule has 0 saturated carbocycles. The van der Waals surface area contributed by atoms with Crippen molar-refractivity contribution in [3.8, 4) is 0 Å². The molecule has 1 aromatic carbocycles. The van der Waals surface area contributed by atoms with E-state index in [-0.39, 0.29) is 0 Å². The molecule has 1 aliphatic rings. The summed E-state index contributed by atoms with van der Waals surface area (Å²) < 4.78 is 4.85. The monoisotopic (exact) mass is 260 g/mol. The molecule has 0 spiro atoms. The Kier molecular flexibility index (Phi) is 3.33. The van der Waals surface area contributed by atoms with Crippen LogP contribution in [0.2, 0.25) is 0 Å². The van der Waals surface area contributed by atoms with E-state index in [2.05, 4.69) is 39.4 Å². The van der Waals surface area contributed by atoms with Gasteiger partial charge in [-0.15, -0.1) is 0 Å². The Bertz CT molecular complexity index is 519. The minimum absolute atomic E-state index is 0.538. The van der Waals surface area contributed by atoms with Gasteiger partial charge in [-0.1, -0.05) is 30.3 Å². The van der Waals surface area contributed by atoms with E-state index < -0.39 is 0 Å². The van der Waals surface area contributed by atoms with E-state index in [4.69, 9.17) is 10.3 Å². The predicted octanol–water partition coefficient (Wildman–Crippen LogP) is -0.00190. The summed E-state index contributed by atoms with van der Waals surface area (Å²) in [6, 6.07) is 10.5. The summed E-state index contributed by atoms with van der Waals surface area (Å²) in [5.41, 5.74) is 7.13. The largest absolute Gasteiger partial charge is 0.360 e. The van der Waals surface area contributed by atoms with Crippen LogP contribution >= 0.6 is 0 Å². The zero-order valence-electron chi connectivity index (χ0n) is 10.8. The fourth-order valence-electron chi connectivity index (χ4n) is 2.36. The van der Waals surface area contributed by atoms with E-state index in [0.29, 0.717) is 5.82 Å². The molecule has 1 saturated heterocycles. The number of hydrogen-bond acceptors (Lipinski definition) is 5. The molecule has 3 rings (SSSR count). The molecule has 2 N–H and O–H groups in total. The molecule has 0 radical (unpaired) electrons. The average molecular weight is 260 g/mol. The van der Waals surface area contributed by atoms with Crippen molar-refractivity contribution in [1.29, 1.82) is 0 Å². The smallest absolute Gasteiger partial charge is 0.322 e. The Morgan fingerprint density at radius 1 is 1.16 bits per heavy atom. The molecular formula is C13H18N5O+. The van der Waals surface area contributed by atoms with Gasteiger partial charge in [0.05, 0.1) is 13.1 Å². The lowest BCUT2D eigenvalue weighted by Gasteiger charge is -2.32. The van der Waals surface area contributed by atoms with Crippen LogP contribution in [0.1, 0.15) is 5.56 Å². The van der Waals surface area contributed by atoms with Crippen molar-refractivity contribution in [1.82, 2.24) is 10.2 Å². The number of nitrogens with two attached hydrogens (primary N) is 1. The summed E-state index contributed by atoms with van der Waals surface area (Å²) >= 11 is 0. The Balaban J connectivity index is 1.57. The maximum atomic E-state index is 5.78. The average Bonchev–Trinajstić information content (AvgIpc) is 2.87. The zero-order chi connectivity index (χ0) is 13.1. The van der Waals surface area contributed by atoms with E-state index in [1.807, 2.05) is 6.07 Å². The molecule has 6 nitrogen and oxygen atoms in total. The van der Waals surface area contributed by atoms with Gasteiger partial charge in [0.25, 0.3) is 0 Å². The molecule has 100 valence electrons. The highest BCUT2D eigenvalue weighted by molar-refractivity contribution is 5.15. The van der Waals surface area contributed by atoms with Gasteiger partial charge in [0.1, 0.15) is 5.27 Å². The van der Waals surface area contributed by atoms with Crippen LogP contribution < -0.4 is 15.5 Å². The van der Waals surface area contributed by atoms with Crippen molar-refractivity contribution in [2.75, 3.05) is 36.9 Å². The Morgan fingerprint density at radius 3 is 2.53 bits per heavy atom. The lowest BCUT2D eigenvalue weighted by atomic mass is 10.2. The van der Waals surface area contributed by atoms with Gasteiger partial charge in [0.15, 0.2) is 0 Å². The fraction of sp³-hybridized carbons (Fsp3) is 0.385. The minimum Gasteiger partial charge on any atom is -0.322 e. The Morgan fingerprint density at radius 2 is 1.89 bits per heavy atom. The van der Waals surface area contributed by atoms with Crippen LogP contribution in [0.15, 0.2) is 41.1 Å². The van der Waals surface area contributed by atoms with Crippen LogP contribution in [0.3, 0.4) is 0 Å². The molecule has 19 heavy (non-hydrogen) atoms. The van der Waals surface area contributed by atoms with Gasteiger partial charge >= 0.3 is 5.82 Å². The zero-order valence-corrected chi connectivity index (χ0v) is 10.8. The SMILES string of the molecule is Nc1con[n+]1N1CCN(Cc2ccccc2)CC1. The first-order valence-corrected chi connectivity index (χ1v) is 6.46. The number of piperazine rings is 1. The summed E-state index contributed by atoms with van der Waals surface area (Å²) in [6.07, 6.45) is 1.45. The van der Waals surface area contributed by atoms with Gasteiger partial charge in [0, 0.05) is 24.4 Å². The number of aromatic nitrogens is 2. The quantitative estimate of drug-likeness (QED) is 0.787. The third-order valence-electron chi connectivity index (χ3n) is 3.39. The molecule has 0 bridgehead atoms. The summed E-state index contributed by atoms with van der Waals surface area (Å²) in [5, 5.41) is 5.97. The predicted molar refractivity (Wildman–Crippen MR) is 70.8 cm³/mol. The number of benzene rings is 1. The molecule has 1 aromatic heterocycles. The lowest BCUT2D eigenvalue weighted by molar-refractivity contribution is -0.746. The first-order chi connectivity index (χ1) is 9.33. The van der Waals surface area contributed by atoms with Crippen LogP contribution in [0.5, 0.6) is 0 Å². The Hall–Kier alpha value is -2.08. The molecule has 0 amide bonds. The van der Waals surface area contributed by atoms with E-state index >= 15 is 0 Å². The van der Waals surface area contributed by atoms with Gasteiger partial charge in [0.2, 0.25) is 6.26 Å². The van der Waals surface area contributed by atoms with Gasteiger partial charge in [-0.25, -0.2) is 5.01 Å². The third-order valence-corrected chi connectivity index (χ3v) is 3.39. The van der Waals surface area contributed by atoms with Crippen LogP contribution in [-0.2, 0) is 6.54 Å². The van der Waals surface area contributed by atoms with Crippen LogP contribution in [0.25, 0.3) is 0 Å². The van der Waals surface area contributed by atoms with E-state index in [1.165, 1.54) is 11.8 Å². The van der Waals surface area contributed by atoms with E-state index in [9.17, 15) is 0 Å².